The zero-order valence-electron chi connectivity index (χ0n) is 12.1. The third kappa shape index (κ3) is 2.55. The van der Waals surface area contributed by atoms with E-state index < -0.39 is 11.4 Å². The van der Waals surface area contributed by atoms with Crippen LogP contribution in [-0.4, -0.2) is 23.2 Å². The smallest absolute Gasteiger partial charge is 0.341 e. The van der Waals surface area contributed by atoms with Gasteiger partial charge in [0.25, 0.3) is 0 Å². The molecule has 0 radical (unpaired) electrons. The van der Waals surface area contributed by atoms with Crippen molar-refractivity contribution in [3.63, 3.8) is 0 Å². The Morgan fingerprint density at radius 3 is 2.61 bits per heavy atom. The van der Waals surface area contributed by atoms with Crippen molar-refractivity contribution < 1.29 is 14.6 Å². The summed E-state index contributed by atoms with van der Waals surface area (Å²) in [6.07, 6.45) is 0. The van der Waals surface area contributed by atoms with Gasteiger partial charge in [-0.3, -0.25) is 4.79 Å². The maximum Gasteiger partial charge on any atom is 0.341 e. The molecule has 0 spiro atoms. The van der Waals surface area contributed by atoms with Crippen molar-refractivity contribution in [1.82, 2.24) is 4.98 Å². The normalized spacial score (nSPS) is 10.7. The van der Waals surface area contributed by atoms with E-state index in [0.717, 1.165) is 0 Å². The lowest BCUT2D eigenvalue weighted by Crippen LogP contribution is -2.18. The van der Waals surface area contributed by atoms with Crippen LogP contribution in [0.15, 0.2) is 47.3 Å². The van der Waals surface area contributed by atoms with Gasteiger partial charge in [0.15, 0.2) is 0 Å². The van der Waals surface area contributed by atoms with Gasteiger partial charge in [-0.2, -0.15) is 0 Å². The van der Waals surface area contributed by atoms with Crippen LogP contribution in [0, 0.1) is 0 Å². The predicted molar refractivity (Wildman–Crippen MR) is 88.5 cm³/mol. The Balaban J connectivity index is 2.43. The summed E-state index contributed by atoms with van der Waals surface area (Å²) in [5.74, 6) is -0.837. The Labute approximate surface area is 136 Å². The summed E-state index contributed by atoms with van der Waals surface area (Å²) in [5.41, 5.74) is 0.224. The van der Waals surface area contributed by atoms with Crippen molar-refractivity contribution in [2.24, 2.45) is 0 Å². The van der Waals surface area contributed by atoms with Crippen LogP contribution in [0.5, 0.6) is 5.75 Å². The van der Waals surface area contributed by atoms with Crippen LogP contribution >= 0.6 is 11.6 Å². The Morgan fingerprint density at radius 2 is 1.96 bits per heavy atom. The summed E-state index contributed by atoms with van der Waals surface area (Å²) in [7, 11) is 1.48. The number of hydrogen-bond donors (Lipinski definition) is 2. The third-order valence-electron chi connectivity index (χ3n) is 3.57. The number of carbonyl (C=O) groups is 1. The lowest BCUT2D eigenvalue weighted by molar-refractivity contribution is 0.0696. The minimum atomic E-state index is -1.31. The van der Waals surface area contributed by atoms with Gasteiger partial charge >= 0.3 is 5.97 Å². The molecule has 0 atom stereocenters. The van der Waals surface area contributed by atoms with Crippen LogP contribution in [0.2, 0.25) is 5.02 Å². The van der Waals surface area contributed by atoms with Crippen molar-refractivity contribution in [2.45, 2.75) is 0 Å². The van der Waals surface area contributed by atoms with E-state index in [1.165, 1.54) is 13.2 Å². The maximum absolute atomic E-state index is 12.6. The number of H-pyrrole nitrogens is 1. The molecule has 2 N–H and O–H groups in total. The number of halogens is 1. The number of hydrogen-bond acceptors (Lipinski definition) is 3. The van der Waals surface area contributed by atoms with Gasteiger partial charge in [-0.05, 0) is 24.3 Å². The largest absolute Gasteiger partial charge is 0.497 e. The van der Waals surface area contributed by atoms with Crippen LogP contribution in [0.1, 0.15) is 10.4 Å². The number of ether oxygens (including phenoxy) is 1. The average Bonchev–Trinajstić information content (AvgIpc) is 2.54. The second-order valence-electron chi connectivity index (χ2n) is 4.90. The molecule has 116 valence electrons. The first-order valence-electron chi connectivity index (χ1n) is 6.75. The molecule has 1 aromatic heterocycles. The minimum Gasteiger partial charge on any atom is -0.497 e. The number of benzene rings is 2. The molecule has 23 heavy (non-hydrogen) atoms. The molecule has 0 fully saturated rings. The molecule has 2 aromatic carbocycles. The monoisotopic (exact) mass is 329 g/mol. The van der Waals surface area contributed by atoms with E-state index >= 15 is 0 Å². The summed E-state index contributed by atoms with van der Waals surface area (Å²) in [5, 5.41) is 10.1. The number of aromatic amines is 1. The molecule has 3 rings (SSSR count). The first-order valence-corrected chi connectivity index (χ1v) is 7.13. The minimum absolute atomic E-state index is 0.186. The Bertz CT molecular complexity index is 978. The molecule has 0 unspecified atom stereocenters. The maximum atomic E-state index is 12.6. The molecule has 5 nitrogen and oxygen atoms in total. The van der Waals surface area contributed by atoms with Crippen LogP contribution in [0.3, 0.4) is 0 Å². The number of carboxylic acid groups (broad SMARTS) is 1. The first-order chi connectivity index (χ1) is 11.0. The Hall–Kier alpha value is -2.79. The number of carboxylic acids is 1. The number of rotatable bonds is 3. The fraction of sp³-hybridized carbons (Fsp3) is 0.0588. The van der Waals surface area contributed by atoms with E-state index in [1.54, 1.807) is 36.4 Å². The van der Waals surface area contributed by atoms with Gasteiger partial charge < -0.3 is 14.8 Å². The molecule has 1 heterocycles. The summed E-state index contributed by atoms with van der Waals surface area (Å²) >= 11 is 6.15. The van der Waals surface area contributed by atoms with Crippen LogP contribution in [-0.2, 0) is 0 Å². The first kappa shape index (κ1) is 15.1. The SMILES string of the molecule is COc1ccc2[nH]c(-c3ccccc3Cl)c(C(=O)O)c(=O)c2c1. The summed E-state index contributed by atoms with van der Waals surface area (Å²) in [4.78, 5) is 27.3. The Kier molecular flexibility index (Phi) is 3.80. The molecular formula is C17H12ClNO4. The molecule has 0 aliphatic carbocycles. The second kappa shape index (κ2) is 5.78. The molecule has 3 aromatic rings. The molecular weight excluding hydrogens is 318 g/mol. The highest BCUT2D eigenvalue weighted by Crippen LogP contribution is 2.29. The predicted octanol–water partition coefficient (Wildman–Crippen LogP) is 3.56. The summed E-state index contributed by atoms with van der Waals surface area (Å²) in [6, 6.07) is 11.6. The molecule has 0 aliphatic heterocycles. The molecule has 0 amide bonds. The van der Waals surface area contributed by atoms with E-state index in [2.05, 4.69) is 4.98 Å². The molecule has 6 heteroatoms. The van der Waals surface area contributed by atoms with E-state index in [1.807, 2.05) is 0 Å². The van der Waals surface area contributed by atoms with Gasteiger partial charge in [-0.1, -0.05) is 29.8 Å². The van der Waals surface area contributed by atoms with Gasteiger partial charge in [-0.25, -0.2) is 4.79 Å². The standard InChI is InChI=1S/C17H12ClNO4/c1-23-9-6-7-13-11(8-9)16(20)14(17(21)22)15(19-13)10-4-2-3-5-12(10)18/h2-8H,1H3,(H,19,20)(H,21,22). The van der Waals surface area contributed by atoms with Crippen LogP contribution in [0.25, 0.3) is 22.2 Å². The van der Waals surface area contributed by atoms with Crippen molar-refractivity contribution in [3.8, 4) is 17.0 Å². The van der Waals surface area contributed by atoms with Gasteiger partial charge in [0.2, 0.25) is 5.43 Å². The summed E-state index contributed by atoms with van der Waals surface area (Å²) < 4.78 is 5.09. The quantitative estimate of drug-likeness (QED) is 0.770. The topological polar surface area (TPSA) is 79.4 Å². The van der Waals surface area contributed by atoms with E-state index in [0.29, 0.717) is 21.9 Å². The van der Waals surface area contributed by atoms with Gasteiger partial charge in [0.05, 0.1) is 23.7 Å². The van der Waals surface area contributed by atoms with Crippen molar-refractivity contribution in [1.29, 1.82) is 0 Å². The third-order valence-corrected chi connectivity index (χ3v) is 3.89. The van der Waals surface area contributed by atoms with E-state index in [4.69, 9.17) is 16.3 Å². The van der Waals surface area contributed by atoms with Crippen molar-refractivity contribution >= 4 is 28.5 Å². The fourth-order valence-electron chi connectivity index (χ4n) is 2.46. The molecule has 0 saturated heterocycles. The van der Waals surface area contributed by atoms with Crippen molar-refractivity contribution in [2.75, 3.05) is 7.11 Å². The fourth-order valence-corrected chi connectivity index (χ4v) is 2.69. The highest BCUT2D eigenvalue weighted by Gasteiger charge is 2.21. The Morgan fingerprint density at radius 1 is 1.22 bits per heavy atom. The lowest BCUT2D eigenvalue weighted by atomic mass is 10.0. The summed E-state index contributed by atoms with van der Waals surface area (Å²) in [6.45, 7) is 0. The number of aromatic nitrogens is 1. The average molecular weight is 330 g/mol. The number of aromatic carboxylic acids is 1. The zero-order valence-corrected chi connectivity index (χ0v) is 12.8. The van der Waals surface area contributed by atoms with Crippen molar-refractivity contribution in [3.05, 3.63) is 63.3 Å². The zero-order chi connectivity index (χ0) is 16.6. The lowest BCUT2D eigenvalue weighted by Gasteiger charge is -2.11. The van der Waals surface area contributed by atoms with Gasteiger partial charge in [0, 0.05) is 10.6 Å². The highest BCUT2D eigenvalue weighted by atomic mass is 35.5. The number of pyridine rings is 1. The highest BCUT2D eigenvalue weighted by molar-refractivity contribution is 6.33. The van der Waals surface area contributed by atoms with E-state index in [-0.39, 0.29) is 16.6 Å². The number of nitrogens with one attached hydrogen (secondary N) is 1. The van der Waals surface area contributed by atoms with Crippen LogP contribution < -0.4 is 10.2 Å². The number of methoxy groups -OCH3 is 1. The molecule has 0 saturated carbocycles. The number of fused-ring (bicyclic) bond motifs is 1. The molecule has 0 aliphatic rings. The van der Waals surface area contributed by atoms with Gasteiger partial charge in [0.1, 0.15) is 11.3 Å². The second-order valence-corrected chi connectivity index (χ2v) is 5.31. The van der Waals surface area contributed by atoms with Gasteiger partial charge in [-0.15, -0.1) is 0 Å². The van der Waals surface area contributed by atoms with E-state index in [9.17, 15) is 14.7 Å². The molecule has 0 bridgehead atoms. The van der Waals surface area contributed by atoms with Crippen LogP contribution in [0.4, 0.5) is 0 Å².